The number of nitrogens with one attached hydrogen (secondary N) is 1. The third kappa shape index (κ3) is 2.98. The van der Waals surface area contributed by atoms with Gasteiger partial charge in [0.2, 0.25) is 11.7 Å². The van der Waals surface area contributed by atoms with Crippen molar-refractivity contribution in [2.75, 3.05) is 11.9 Å². The Balaban J connectivity index is 1.57. The molecular formula is C21H16FN7O2. The second kappa shape index (κ2) is 6.91. The van der Waals surface area contributed by atoms with Crippen LogP contribution in [0.5, 0.6) is 5.75 Å². The predicted octanol–water partition coefficient (Wildman–Crippen LogP) is 2.64. The highest BCUT2D eigenvalue weighted by molar-refractivity contribution is 6.03. The van der Waals surface area contributed by atoms with Crippen LogP contribution >= 0.6 is 0 Å². The molecule has 9 nitrogen and oxygen atoms in total. The number of rotatable bonds is 4. The number of ketones is 1. The molecule has 0 amide bonds. The smallest absolute Gasteiger partial charge is 0.208 e. The summed E-state index contributed by atoms with van der Waals surface area (Å²) in [6.45, 7) is 1.80. The first-order chi connectivity index (χ1) is 15.0. The Hall–Kier alpha value is -4.26. The van der Waals surface area contributed by atoms with Gasteiger partial charge in [-0.05, 0) is 25.1 Å². The number of nitrogens with zero attached hydrogens (tertiary/aromatic N) is 6. The molecule has 1 aromatic carbocycles. The molecule has 0 spiro atoms. The van der Waals surface area contributed by atoms with Gasteiger partial charge in [0.25, 0.3) is 0 Å². The number of anilines is 1. The summed E-state index contributed by atoms with van der Waals surface area (Å²) in [4.78, 5) is 21.0. The summed E-state index contributed by atoms with van der Waals surface area (Å²) in [5.41, 5.74) is 3.51. The van der Waals surface area contributed by atoms with E-state index < -0.39 is 5.82 Å². The largest absolute Gasteiger partial charge is 0.485 e. The van der Waals surface area contributed by atoms with Crippen LogP contribution in [-0.4, -0.2) is 36.5 Å². The maximum Gasteiger partial charge on any atom is 0.208 e. The molecule has 1 N–H and O–H groups in total. The van der Waals surface area contributed by atoms with Crippen molar-refractivity contribution in [1.82, 2.24) is 24.1 Å². The Morgan fingerprint density at radius 1 is 1.39 bits per heavy atom. The molecule has 0 unspecified atom stereocenters. The van der Waals surface area contributed by atoms with Gasteiger partial charge >= 0.3 is 0 Å². The summed E-state index contributed by atoms with van der Waals surface area (Å²) in [5.74, 6) is -0.0416. The molecule has 5 rings (SSSR count). The van der Waals surface area contributed by atoms with Gasteiger partial charge in [0, 0.05) is 25.4 Å². The van der Waals surface area contributed by atoms with Crippen LogP contribution in [0.2, 0.25) is 0 Å². The number of aromatic nitrogens is 5. The van der Waals surface area contributed by atoms with Crippen LogP contribution in [0, 0.1) is 24.1 Å². The van der Waals surface area contributed by atoms with Gasteiger partial charge in [-0.2, -0.15) is 10.4 Å². The second-order valence-corrected chi connectivity index (χ2v) is 7.19. The van der Waals surface area contributed by atoms with E-state index in [1.54, 1.807) is 21.5 Å². The summed E-state index contributed by atoms with van der Waals surface area (Å²) in [6.07, 6.45) is 3.18. The van der Waals surface area contributed by atoms with Gasteiger partial charge in [-0.15, -0.1) is 0 Å². The molecule has 4 heterocycles. The summed E-state index contributed by atoms with van der Waals surface area (Å²) in [6, 6.07) is 6.66. The average molecular weight is 417 g/mol. The number of hydrogen-bond donors (Lipinski definition) is 1. The fraction of sp³-hybridized carbons (Fsp3) is 0.190. The van der Waals surface area contributed by atoms with E-state index in [4.69, 9.17) is 4.74 Å². The normalized spacial score (nSPS) is 12.6. The lowest BCUT2D eigenvalue weighted by Crippen LogP contribution is -2.11. The molecule has 1 aliphatic rings. The van der Waals surface area contributed by atoms with Crippen molar-refractivity contribution in [1.29, 1.82) is 5.26 Å². The summed E-state index contributed by atoms with van der Waals surface area (Å²) < 4.78 is 23.1. The SMILES string of the molecule is Cc1cc(-c2cnc(NCc3c(F)ccc4c3C(=O)CO4)n3cc(C#N)nc23)n(C)n1. The van der Waals surface area contributed by atoms with Gasteiger partial charge in [-0.1, -0.05) is 0 Å². The van der Waals surface area contributed by atoms with Gasteiger partial charge < -0.3 is 10.1 Å². The van der Waals surface area contributed by atoms with Crippen LogP contribution in [0.1, 0.15) is 27.3 Å². The number of carbonyl (C=O) groups is 1. The van der Waals surface area contributed by atoms with Crippen LogP contribution in [0.15, 0.2) is 30.6 Å². The zero-order valence-corrected chi connectivity index (χ0v) is 16.7. The standard InChI is InChI=1S/C21H16FN7O2/c1-11-5-16(28(2)27-11)14-8-25-21(29-9-12(6-23)26-20(14)29)24-7-13-15(22)3-4-18-19(13)17(30)10-31-18/h3-5,8-9H,7,10H2,1-2H3,(H,24,25). The molecule has 1 aliphatic heterocycles. The fourth-order valence-corrected chi connectivity index (χ4v) is 3.79. The lowest BCUT2D eigenvalue weighted by atomic mass is 10.0. The minimum absolute atomic E-state index is 0.0104. The first kappa shape index (κ1) is 18.7. The van der Waals surface area contributed by atoms with Crippen LogP contribution in [0.3, 0.4) is 0 Å². The molecule has 31 heavy (non-hydrogen) atoms. The van der Waals surface area contributed by atoms with Crippen molar-refractivity contribution in [3.8, 4) is 23.1 Å². The molecule has 154 valence electrons. The first-order valence-corrected chi connectivity index (χ1v) is 9.46. The number of hydrogen-bond acceptors (Lipinski definition) is 7. The minimum Gasteiger partial charge on any atom is -0.485 e. The second-order valence-electron chi connectivity index (χ2n) is 7.19. The highest BCUT2D eigenvalue weighted by Gasteiger charge is 2.27. The molecule has 3 aromatic heterocycles. The fourth-order valence-electron chi connectivity index (χ4n) is 3.79. The van der Waals surface area contributed by atoms with E-state index in [9.17, 15) is 14.4 Å². The first-order valence-electron chi connectivity index (χ1n) is 9.46. The van der Waals surface area contributed by atoms with E-state index in [0.29, 0.717) is 22.9 Å². The Labute approximate surface area is 175 Å². The maximum atomic E-state index is 14.5. The van der Waals surface area contributed by atoms with Crippen molar-refractivity contribution in [3.05, 3.63) is 58.9 Å². The molecule has 0 saturated heterocycles. The molecule has 0 fully saturated rings. The Morgan fingerprint density at radius 3 is 2.97 bits per heavy atom. The molecule has 0 radical (unpaired) electrons. The predicted molar refractivity (Wildman–Crippen MR) is 108 cm³/mol. The quantitative estimate of drug-likeness (QED) is 0.543. The zero-order chi connectivity index (χ0) is 21.7. The maximum absolute atomic E-state index is 14.5. The van der Waals surface area contributed by atoms with Crippen LogP contribution in [0.25, 0.3) is 16.9 Å². The Morgan fingerprint density at radius 2 is 2.23 bits per heavy atom. The molecule has 4 aromatic rings. The van der Waals surface area contributed by atoms with Crippen LogP contribution in [-0.2, 0) is 13.6 Å². The molecular weight excluding hydrogens is 401 g/mol. The monoisotopic (exact) mass is 417 g/mol. The third-order valence-corrected chi connectivity index (χ3v) is 5.16. The van der Waals surface area contributed by atoms with Crippen molar-refractivity contribution in [2.24, 2.45) is 7.05 Å². The summed E-state index contributed by atoms with van der Waals surface area (Å²) >= 11 is 0. The molecule has 0 atom stereocenters. The summed E-state index contributed by atoms with van der Waals surface area (Å²) in [7, 11) is 1.82. The van der Waals surface area contributed by atoms with Gasteiger partial charge in [0.05, 0.1) is 28.7 Å². The van der Waals surface area contributed by atoms with Crippen molar-refractivity contribution in [2.45, 2.75) is 13.5 Å². The van der Waals surface area contributed by atoms with Crippen molar-refractivity contribution in [3.63, 3.8) is 0 Å². The number of halogens is 1. The number of nitriles is 1. The number of carbonyl (C=O) groups excluding carboxylic acids is 1. The van der Waals surface area contributed by atoms with E-state index in [1.165, 1.54) is 12.1 Å². The molecule has 0 bridgehead atoms. The van der Waals surface area contributed by atoms with Gasteiger partial charge in [0.1, 0.15) is 17.6 Å². The number of Topliss-reactive ketones (excluding diaryl/α,β-unsaturated/α-hetero) is 1. The number of fused-ring (bicyclic) bond motifs is 2. The minimum atomic E-state index is -0.508. The van der Waals surface area contributed by atoms with E-state index in [0.717, 1.165) is 11.4 Å². The lowest BCUT2D eigenvalue weighted by molar-refractivity contribution is 0.0960. The number of ether oxygens (including phenoxy) is 1. The van der Waals surface area contributed by atoms with Gasteiger partial charge in [-0.3, -0.25) is 13.9 Å². The topological polar surface area (TPSA) is 110 Å². The number of imidazole rings is 1. The van der Waals surface area contributed by atoms with Crippen molar-refractivity contribution < 1.29 is 13.9 Å². The van der Waals surface area contributed by atoms with Crippen LogP contribution in [0.4, 0.5) is 10.3 Å². The van der Waals surface area contributed by atoms with E-state index >= 15 is 0 Å². The number of aryl methyl sites for hydroxylation is 2. The molecule has 10 heteroatoms. The third-order valence-electron chi connectivity index (χ3n) is 5.16. The van der Waals surface area contributed by atoms with Gasteiger partial charge in [0.15, 0.2) is 17.9 Å². The number of benzene rings is 1. The van der Waals surface area contributed by atoms with Crippen LogP contribution < -0.4 is 10.1 Å². The zero-order valence-electron chi connectivity index (χ0n) is 16.7. The molecule has 0 aliphatic carbocycles. The Kier molecular flexibility index (Phi) is 4.18. The Bertz CT molecular complexity index is 1410. The summed E-state index contributed by atoms with van der Waals surface area (Å²) in [5, 5.41) is 16.8. The highest BCUT2D eigenvalue weighted by atomic mass is 19.1. The van der Waals surface area contributed by atoms with Crippen molar-refractivity contribution >= 4 is 17.4 Å². The van der Waals surface area contributed by atoms with Gasteiger partial charge in [-0.25, -0.2) is 14.4 Å². The lowest BCUT2D eigenvalue weighted by Gasteiger charge is -2.12. The van der Waals surface area contributed by atoms with E-state index in [1.807, 2.05) is 26.1 Å². The van der Waals surface area contributed by atoms with E-state index in [2.05, 4.69) is 20.4 Å². The average Bonchev–Trinajstić information content (AvgIpc) is 3.44. The molecule has 0 saturated carbocycles. The van der Waals surface area contributed by atoms with E-state index in [-0.39, 0.29) is 35.8 Å². The highest BCUT2D eigenvalue weighted by Crippen LogP contribution is 2.31.